The van der Waals surface area contributed by atoms with Crippen LogP contribution in [0.1, 0.15) is 48.4 Å². The molecular weight excluding hydrogens is 575 g/mol. The van der Waals surface area contributed by atoms with Gasteiger partial charge in [0.25, 0.3) is 0 Å². The summed E-state index contributed by atoms with van der Waals surface area (Å²) in [4.78, 5) is 4.42. The molecule has 2 radical (unpaired) electrons. The fourth-order valence-corrected chi connectivity index (χ4v) is 8.25. The Kier molecular flexibility index (Phi) is 12.0. The topological polar surface area (TPSA) is 27.1 Å². The molecular formula is C41H41BN2OSi. The number of hydrogen-bond donors (Lipinski definition) is 0. The summed E-state index contributed by atoms with van der Waals surface area (Å²) in [5.41, 5.74) is 5.94. The fourth-order valence-electron chi connectivity index (χ4n) is 5.85. The Morgan fingerprint density at radius 1 is 0.739 bits per heavy atom. The zero-order chi connectivity index (χ0) is 31.9. The number of hydrogen-bond acceptors (Lipinski definition) is 2. The molecule has 0 fully saturated rings. The Morgan fingerprint density at radius 2 is 1.30 bits per heavy atom. The number of nitrogens with zero attached hydrogens (tertiary/aromatic N) is 2. The predicted molar refractivity (Wildman–Crippen MR) is 197 cm³/mol. The highest BCUT2D eigenvalue weighted by Crippen LogP contribution is 2.33. The second-order valence-corrected chi connectivity index (χ2v) is 13.4. The van der Waals surface area contributed by atoms with E-state index in [1.807, 2.05) is 48.9 Å². The highest BCUT2D eigenvalue weighted by Gasteiger charge is 2.36. The summed E-state index contributed by atoms with van der Waals surface area (Å²) in [5, 5.41) is 1.11. The van der Waals surface area contributed by atoms with Gasteiger partial charge in [-0.05, 0) is 46.4 Å². The second-order valence-electron chi connectivity index (χ2n) is 11.3. The Morgan fingerprint density at radius 3 is 1.80 bits per heavy atom. The van der Waals surface area contributed by atoms with Crippen molar-refractivity contribution in [3.8, 4) is 5.75 Å². The SMILES string of the molecule is CCCCCOc1cccc([SiH2]C(c2ccccc2)(c2ccccc2)n2ccnc2)c1.[B]C=C(c1ccccc1)c1ccccc1. The maximum absolute atomic E-state index is 6.07. The molecule has 0 aliphatic rings. The lowest BCUT2D eigenvalue weighted by Gasteiger charge is -2.37. The molecule has 1 aromatic heterocycles. The van der Waals surface area contributed by atoms with Crippen LogP contribution in [-0.4, -0.2) is 33.5 Å². The van der Waals surface area contributed by atoms with Crippen LogP contribution in [-0.2, 0) is 5.16 Å². The zero-order valence-corrected chi connectivity index (χ0v) is 28.0. The highest BCUT2D eigenvalue weighted by molar-refractivity contribution is 6.57. The predicted octanol–water partition coefficient (Wildman–Crippen LogP) is 7.94. The van der Waals surface area contributed by atoms with Gasteiger partial charge in [-0.15, -0.1) is 5.98 Å². The molecule has 0 saturated carbocycles. The van der Waals surface area contributed by atoms with Crippen molar-refractivity contribution >= 4 is 28.1 Å². The van der Waals surface area contributed by atoms with Crippen LogP contribution >= 0.6 is 0 Å². The van der Waals surface area contributed by atoms with Crippen molar-refractivity contribution < 1.29 is 4.74 Å². The zero-order valence-electron chi connectivity index (χ0n) is 26.6. The van der Waals surface area contributed by atoms with E-state index in [-0.39, 0.29) is 5.16 Å². The second kappa shape index (κ2) is 17.0. The number of benzene rings is 5. The Balaban J connectivity index is 0.000000232. The Hall–Kier alpha value is -4.87. The van der Waals surface area contributed by atoms with Crippen LogP contribution in [0.5, 0.6) is 5.75 Å². The van der Waals surface area contributed by atoms with E-state index >= 15 is 0 Å². The van der Waals surface area contributed by atoms with E-state index < -0.39 is 9.52 Å². The van der Waals surface area contributed by atoms with Gasteiger partial charge >= 0.3 is 0 Å². The first-order chi connectivity index (χ1) is 22.7. The summed E-state index contributed by atoms with van der Waals surface area (Å²) in [6, 6.07) is 50.7. The van der Waals surface area contributed by atoms with Gasteiger partial charge < -0.3 is 9.30 Å². The lowest BCUT2D eigenvalue weighted by molar-refractivity contribution is 0.306. The van der Waals surface area contributed by atoms with Crippen molar-refractivity contribution in [1.29, 1.82) is 0 Å². The normalized spacial score (nSPS) is 11.1. The summed E-state index contributed by atoms with van der Waals surface area (Å²) < 4.78 is 8.36. The Bertz CT molecular complexity index is 1660. The molecule has 6 rings (SSSR count). The first-order valence-corrected chi connectivity index (χ1v) is 17.5. The van der Waals surface area contributed by atoms with Gasteiger partial charge in [0.2, 0.25) is 0 Å². The van der Waals surface area contributed by atoms with Crippen molar-refractivity contribution in [3.63, 3.8) is 0 Å². The molecule has 0 unspecified atom stereocenters. The molecule has 0 amide bonds. The lowest BCUT2D eigenvalue weighted by atomic mass is 9.92. The maximum atomic E-state index is 6.07. The number of imidazole rings is 1. The molecule has 0 aliphatic carbocycles. The number of unbranched alkanes of at least 4 members (excludes halogenated alkanes) is 2. The minimum absolute atomic E-state index is 0.264. The first kappa shape index (κ1) is 32.5. The minimum atomic E-state index is -0.881. The van der Waals surface area contributed by atoms with Crippen molar-refractivity contribution in [2.75, 3.05) is 6.61 Å². The van der Waals surface area contributed by atoms with Crippen molar-refractivity contribution in [2.45, 2.75) is 31.3 Å². The van der Waals surface area contributed by atoms with E-state index in [1.165, 1.54) is 29.2 Å². The Labute approximate surface area is 277 Å². The summed E-state index contributed by atoms with van der Waals surface area (Å²) >= 11 is 0. The summed E-state index contributed by atoms with van der Waals surface area (Å²) in [6.07, 6.45) is 9.45. The van der Waals surface area contributed by atoms with Crippen LogP contribution in [0.15, 0.2) is 170 Å². The van der Waals surface area contributed by atoms with Crippen LogP contribution in [0.4, 0.5) is 0 Å². The number of ether oxygens (including phenoxy) is 1. The van der Waals surface area contributed by atoms with Crippen LogP contribution in [0, 0.1) is 0 Å². The van der Waals surface area contributed by atoms with E-state index in [4.69, 9.17) is 12.6 Å². The molecule has 3 nitrogen and oxygen atoms in total. The van der Waals surface area contributed by atoms with Gasteiger partial charge in [0.15, 0.2) is 0 Å². The summed E-state index contributed by atoms with van der Waals surface area (Å²) in [5.74, 6) is 2.63. The quantitative estimate of drug-likeness (QED) is 0.103. The third kappa shape index (κ3) is 8.23. The first-order valence-electron chi connectivity index (χ1n) is 16.1. The number of aromatic nitrogens is 2. The van der Waals surface area contributed by atoms with Crippen LogP contribution in [0.25, 0.3) is 5.57 Å². The average Bonchev–Trinajstić information content (AvgIpc) is 3.67. The van der Waals surface area contributed by atoms with Gasteiger partial charge in [0.05, 0.1) is 27.6 Å². The van der Waals surface area contributed by atoms with Crippen molar-refractivity contribution in [1.82, 2.24) is 9.55 Å². The van der Waals surface area contributed by atoms with Crippen LogP contribution < -0.4 is 9.92 Å². The largest absolute Gasteiger partial charge is 0.494 e. The average molecular weight is 617 g/mol. The highest BCUT2D eigenvalue weighted by atomic mass is 28.2. The summed E-state index contributed by atoms with van der Waals surface area (Å²) in [6.45, 7) is 3.00. The molecule has 46 heavy (non-hydrogen) atoms. The smallest absolute Gasteiger partial charge is 0.119 e. The molecule has 0 atom stereocenters. The maximum Gasteiger partial charge on any atom is 0.119 e. The number of rotatable bonds is 12. The minimum Gasteiger partial charge on any atom is -0.494 e. The van der Waals surface area contributed by atoms with Crippen LogP contribution in [0.3, 0.4) is 0 Å². The van der Waals surface area contributed by atoms with Gasteiger partial charge in [-0.25, -0.2) is 4.98 Å². The van der Waals surface area contributed by atoms with Crippen LogP contribution in [0.2, 0.25) is 0 Å². The van der Waals surface area contributed by atoms with E-state index in [1.54, 1.807) is 5.98 Å². The standard InChI is InChI=1S/C27H30N2OSi.C14H11B/c1-2-3-10-20-30-25-16-11-17-26(21-25)31-27(29-19-18-28-22-29,23-12-6-4-7-13-23)24-14-8-5-9-15-24;15-11-14(12-7-3-1-4-8-12)13-9-5-2-6-10-13/h4-9,11-19,21-22H,2-3,10,20,31H2,1H3;1-11H. The molecule has 5 aromatic carbocycles. The van der Waals surface area contributed by atoms with Gasteiger partial charge in [0, 0.05) is 12.4 Å². The van der Waals surface area contributed by atoms with Crippen molar-refractivity contribution in [3.05, 3.63) is 193 Å². The molecule has 6 aromatic rings. The van der Waals surface area contributed by atoms with E-state index in [0.717, 1.165) is 35.5 Å². The third-order valence-corrected chi connectivity index (χ3v) is 10.7. The van der Waals surface area contributed by atoms with Gasteiger partial charge in [0.1, 0.15) is 13.6 Å². The lowest BCUT2D eigenvalue weighted by Crippen LogP contribution is -2.46. The van der Waals surface area contributed by atoms with Gasteiger partial charge in [-0.1, -0.05) is 158 Å². The van der Waals surface area contributed by atoms with Crippen molar-refractivity contribution in [2.24, 2.45) is 0 Å². The van der Waals surface area contributed by atoms with E-state index in [2.05, 4.69) is 132 Å². The molecule has 0 saturated heterocycles. The molecule has 0 spiro atoms. The molecule has 0 aliphatic heterocycles. The van der Waals surface area contributed by atoms with E-state index in [9.17, 15) is 0 Å². The molecule has 5 heteroatoms. The molecule has 0 bridgehead atoms. The monoisotopic (exact) mass is 616 g/mol. The van der Waals surface area contributed by atoms with Gasteiger partial charge in [-0.2, -0.15) is 0 Å². The van der Waals surface area contributed by atoms with Gasteiger partial charge in [-0.3, -0.25) is 0 Å². The summed E-state index contributed by atoms with van der Waals surface area (Å²) in [7, 11) is 4.79. The molecule has 1 heterocycles. The third-order valence-electron chi connectivity index (χ3n) is 8.16. The molecule has 228 valence electrons. The van der Waals surface area contributed by atoms with E-state index in [0.29, 0.717) is 0 Å². The molecule has 0 N–H and O–H groups in total. The fraction of sp³-hybridized carbons (Fsp3) is 0.146.